The van der Waals surface area contributed by atoms with Crippen molar-refractivity contribution in [3.63, 3.8) is 0 Å². The van der Waals surface area contributed by atoms with Gasteiger partial charge in [-0.25, -0.2) is 0 Å². The molecule has 2 rings (SSSR count). The SMILES string of the molecule is CC1(C)CC(N)c2ccc(OCCCC#N)cc2O1. The number of nitriles is 1. The number of rotatable bonds is 4. The minimum absolute atomic E-state index is 0.00592. The summed E-state index contributed by atoms with van der Waals surface area (Å²) in [5, 5.41) is 8.47. The Labute approximate surface area is 114 Å². The Hall–Kier alpha value is -1.73. The van der Waals surface area contributed by atoms with Gasteiger partial charge in [0.05, 0.1) is 12.7 Å². The summed E-state index contributed by atoms with van der Waals surface area (Å²) in [4.78, 5) is 0. The first-order valence-corrected chi connectivity index (χ1v) is 6.60. The zero-order valence-corrected chi connectivity index (χ0v) is 11.5. The molecule has 19 heavy (non-hydrogen) atoms. The van der Waals surface area contributed by atoms with E-state index in [4.69, 9.17) is 20.5 Å². The summed E-state index contributed by atoms with van der Waals surface area (Å²) in [7, 11) is 0. The smallest absolute Gasteiger partial charge is 0.128 e. The summed E-state index contributed by atoms with van der Waals surface area (Å²) in [5.74, 6) is 1.57. The Balaban J connectivity index is 2.08. The molecule has 0 aromatic heterocycles. The largest absolute Gasteiger partial charge is 0.493 e. The molecule has 4 nitrogen and oxygen atoms in total. The van der Waals surface area contributed by atoms with Gasteiger partial charge in [-0.3, -0.25) is 0 Å². The maximum atomic E-state index is 8.47. The first kappa shape index (κ1) is 13.7. The first-order chi connectivity index (χ1) is 9.02. The standard InChI is InChI=1S/C15H20N2O2/c1-15(2)10-13(17)12-6-5-11(9-14(12)19-15)18-8-4-3-7-16/h5-6,9,13H,3-4,8,10,17H2,1-2H3. The van der Waals surface area contributed by atoms with E-state index in [2.05, 4.69) is 6.07 Å². The lowest BCUT2D eigenvalue weighted by Crippen LogP contribution is -2.37. The number of nitrogens with two attached hydrogens (primary N) is 1. The van der Waals surface area contributed by atoms with Gasteiger partial charge in [-0.15, -0.1) is 0 Å². The Morgan fingerprint density at radius 3 is 3.05 bits per heavy atom. The molecule has 4 heteroatoms. The molecule has 0 bridgehead atoms. The zero-order chi connectivity index (χ0) is 13.9. The van der Waals surface area contributed by atoms with Crippen LogP contribution in [0.2, 0.25) is 0 Å². The van der Waals surface area contributed by atoms with E-state index in [1.165, 1.54) is 0 Å². The van der Waals surface area contributed by atoms with Crippen molar-refractivity contribution in [2.45, 2.75) is 44.8 Å². The molecule has 0 saturated heterocycles. The molecule has 1 aliphatic heterocycles. The van der Waals surface area contributed by atoms with E-state index in [1.807, 2.05) is 32.0 Å². The van der Waals surface area contributed by atoms with Crippen LogP contribution in [0, 0.1) is 11.3 Å². The molecule has 0 radical (unpaired) electrons. The number of ether oxygens (including phenoxy) is 2. The highest BCUT2D eigenvalue weighted by atomic mass is 16.5. The number of unbranched alkanes of at least 4 members (excludes halogenated alkanes) is 1. The van der Waals surface area contributed by atoms with Crippen LogP contribution >= 0.6 is 0 Å². The zero-order valence-electron chi connectivity index (χ0n) is 11.5. The molecule has 1 aromatic carbocycles. The summed E-state index contributed by atoms with van der Waals surface area (Å²) in [6.45, 7) is 4.62. The van der Waals surface area contributed by atoms with E-state index in [-0.39, 0.29) is 11.6 Å². The number of hydrogen-bond donors (Lipinski definition) is 1. The summed E-state index contributed by atoms with van der Waals surface area (Å²) in [6, 6.07) is 7.87. The van der Waals surface area contributed by atoms with E-state index >= 15 is 0 Å². The molecule has 102 valence electrons. The van der Waals surface area contributed by atoms with Gasteiger partial charge >= 0.3 is 0 Å². The molecule has 1 unspecified atom stereocenters. The van der Waals surface area contributed by atoms with Gasteiger partial charge in [0.25, 0.3) is 0 Å². The molecule has 0 saturated carbocycles. The molecular formula is C15H20N2O2. The third-order valence-corrected chi connectivity index (χ3v) is 3.18. The topological polar surface area (TPSA) is 68.3 Å². The number of nitrogens with zero attached hydrogens (tertiary/aromatic N) is 1. The van der Waals surface area contributed by atoms with Gasteiger partial charge in [0.2, 0.25) is 0 Å². The van der Waals surface area contributed by atoms with Gasteiger partial charge in [0.1, 0.15) is 17.1 Å². The minimum Gasteiger partial charge on any atom is -0.493 e. The number of benzene rings is 1. The lowest BCUT2D eigenvalue weighted by atomic mass is 9.90. The van der Waals surface area contributed by atoms with Crippen molar-refractivity contribution in [2.24, 2.45) is 5.73 Å². The third kappa shape index (κ3) is 3.39. The summed E-state index contributed by atoms with van der Waals surface area (Å²) < 4.78 is 11.6. The molecular weight excluding hydrogens is 240 g/mol. The predicted molar refractivity (Wildman–Crippen MR) is 73.0 cm³/mol. The van der Waals surface area contributed by atoms with Crippen LogP contribution in [-0.2, 0) is 0 Å². The molecule has 0 aliphatic carbocycles. The van der Waals surface area contributed by atoms with Gasteiger partial charge in [0.15, 0.2) is 0 Å². The summed E-state index contributed by atoms with van der Waals surface area (Å²) >= 11 is 0. The van der Waals surface area contributed by atoms with Gasteiger partial charge in [-0.2, -0.15) is 5.26 Å². The van der Waals surface area contributed by atoms with Gasteiger partial charge in [0, 0.05) is 30.5 Å². The van der Waals surface area contributed by atoms with Crippen molar-refractivity contribution in [3.8, 4) is 17.6 Å². The second-order valence-corrected chi connectivity index (χ2v) is 5.48. The average molecular weight is 260 g/mol. The summed E-state index contributed by atoms with van der Waals surface area (Å²) in [5.41, 5.74) is 6.94. The fraction of sp³-hybridized carbons (Fsp3) is 0.533. The van der Waals surface area contributed by atoms with E-state index in [1.54, 1.807) is 0 Å². The second kappa shape index (κ2) is 5.50. The van der Waals surface area contributed by atoms with Crippen molar-refractivity contribution in [1.29, 1.82) is 5.26 Å². The van der Waals surface area contributed by atoms with Crippen molar-refractivity contribution in [3.05, 3.63) is 23.8 Å². The molecule has 1 aromatic rings. The fourth-order valence-electron chi connectivity index (χ4n) is 2.32. The Kier molecular flexibility index (Phi) is 3.96. The Morgan fingerprint density at radius 2 is 2.32 bits per heavy atom. The van der Waals surface area contributed by atoms with Crippen molar-refractivity contribution in [2.75, 3.05) is 6.61 Å². The monoisotopic (exact) mass is 260 g/mol. The quantitative estimate of drug-likeness (QED) is 0.845. The molecule has 1 heterocycles. The molecule has 0 spiro atoms. The molecule has 0 fully saturated rings. The minimum atomic E-state index is -0.244. The normalized spacial score (nSPS) is 20.0. The lowest BCUT2D eigenvalue weighted by molar-refractivity contribution is 0.0724. The van der Waals surface area contributed by atoms with E-state index in [0.717, 1.165) is 29.9 Å². The van der Waals surface area contributed by atoms with E-state index in [0.29, 0.717) is 13.0 Å². The number of hydrogen-bond acceptors (Lipinski definition) is 4. The highest BCUT2D eigenvalue weighted by molar-refractivity contribution is 5.44. The number of fused-ring (bicyclic) bond motifs is 1. The van der Waals surface area contributed by atoms with Gasteiger partial charge < -0.3 is 15.2 Å². The fourth-order valence-corrected chi connectivity index (χ4v) is 2.32. The maximum absolute atomic E-state index is 8.47. The van der Waals surface area contributed by atoms with Crippen LogP contribution in [0.1, 0.15) is 44.7 Å². The van der Waals surface area contributed by atoms with Crippen LogP contribution in [0.5, 0.6) is 11.5 Å². The first-order valence-electron chi connectivity index (χ1n) is 6.60. The van der Waals surface area contributed by atoms with Gasteiger partial charge in [-0.1, -0.05) is 6.07 Å². The molecule has 1 aliphatic rings. The lowest BCUT2D eigenvalue weighted by Gasteiger charge is -2.36. The van der Waals surface area contributed by atoms with Gasteiger partial charge in [-0.05, 0) is 26.3 Å². The predicted octanol–water partition coefficient (Wildman–Crippen LogP) is 2.93. The van der Waals surface area contributed by atoms with Crippen molar-refractivity contribution >= 4 is 0 Å². The highest BCUT2D eigenvalue weighted by Crippen LogP contribution is 2.39. The third-order valence-electron chi connectivity index (χ3n) is 3.18. The Morgan fingerprint density at radius 1 is 1.53 bits per heavy atom. The highest BCUT2D eigenvalue weighted by Gasteiger charge is 2.31. The average Bonchev–Trinajstić information content (AvgIpc) is 2.32. The van der Waals surface area contributed by atoms with Crippen LogP contribution in [0.15, 0.2) is 18.2 Å². The molecule has 1 atom stereocenters. The van der Waals surface area contributed by atoms with E-state index < -0.39 is 0 Å². The molecule has 0 amide bonds. The van der Waals surface area contributed by atoms with Crippen molar-refractivity contribution in [1.82, 2.24) is 0 Å². The Bertz CT molecular complexity index is 491. The van der Waals surface area contributed by atoms with Crippen molar-refractivity contribution < 1.29 is 9.47 Å². The summed E-state index contributed by atoms with van der Waals surface area (Å²) in [6.07, 6.45) is 2.06. The molecule has 2 N–H and O–H groups in total. The van der Waals surface area contributed by atoms with E-state index in [9.17, 15) is 0 Å². The van der Waals surface area contributed by atoms with Crippen LogP contribution in [0.3, 0.4) is 0 Å². The second-order valence-electron chi connectivity index (χ2n) is 5.48. The van der Waals surface area contributed by atoms with Crippen LogP contribution in [0.4, 0.5) is 0 Å². The maximum Gasteiger partial charge on any atom is 0.128 e. The van der Waals surface area contributed by atoms with Crippen LogP contribution < -0.4 is 15.2 Å². The van der Waals surface area contributed by atoms with Crippen LogP contribution in [-0.4, -0.2) is 12.2 Å². The van der Waals surface area contributed by atoms with Crippen LogP contribution in [0.25, 0.3) is 0 Å².